The summed E-state index contributed by atoms with van der Waals surface area (Å²) in [6.45, 7) is 4.39. The third-order valence-electron chi connectivity index (χ3n) is 4.47. The van der Waals surface area contributed by atoms with Crippen molar-refractivity contribution in [2.45, 2.75) is 6.42 Å². The van der Waals surface area contributed by atoms with Crippen LogP contribution >= 0.6 is 0 Å². The van der Waals surface area contributed by atoms with E-state index in [2.05, 4.69) is 20.5 Å². The number of aromatic amines is 1. The van der Waals surface area contributed by atoms with Crippen LogP contribution in [0.15, 0.2) is 24.4 Å². The summed E-state index contributed by atoms with van der Waals surface area (Å²) in [6, 6.07) is 5.60. The monoisotopic (exact) mass is 313 g/mol. The normalized spacial score (nSPS) is 19.3. The van der Waals surface area contributed by atoms with Gasteiger partial charge in [0, 0.05) is 61.9 Å². The molecule has 0 atom stereocenters. The largest absolute Gasteiger partial charge is 0.367 e. The highest BCUT2D eigenvalue weighted by Gasteiger charge is 2.24. The predicted molar refractivity (Wildman–Crippen MR) is 88.9 cm³/mol. The smallest absolute Gasteiger partial charge is 0.328 e. The maximum Gasteiger partial charge on any atom is 0.328 e. The molecule has 0 bridgehead atoms. The molecular weight excluding hydrogens is 294 g/mol. The summed E-state index contributed by atoms with van der Waals surface area (Å²) in [7, 11) is 0. The van der Waals surface area contributed by atoms with Gasteiger partial charge in [-0.3, -0.25) is 15.0 Å². The zero-order valence-electron chi connectivity index (χ0n) is 12.8. The van der Waals surface area contributed by atoms with E-state index < -0.39 is 0 Å². The van der Waals surface area contributed by atoms with Gasteiger partial charge in [0.1, 0.15) is 0 Å². The third kappa shape index (κ3) is 2.53. The molecule has 1 aromatic heterocycles. The van der Waals surface area contributed by atoms with Crippen molar-refractivity contribution in [3.63, 3.8) is 0 Å². The highest BCUT2D eigenvalue weighted by Crippen LogP contribution is 2.30. The summed E-state index contributed by atoms with van der Waals surface area (Å²) in [5.41, 5.74) is 3.00. The fourth-order valence-electron chi connectivity index (χ4n) is 3.24. The lowest BCUT2D eigenvalue weighted by atomic mass is 10.1. The van der Waals surface area contributed by atoms with E-state index in [-0.39, 0.29) is 11.9 Å². The van der Waals surface area contributed by atoms with Crippen LogP contribution in [0, 0.1) is 0 Å². The number of nitrogens with one attached hydrogen (secondary N) is 3. The Hall–Kier alpha value is -2.54. The number of amides is 3. The first kappa shape index (κ1) is 14.1. The molecule has 2 aliphatic heterocycles. The molecule has 1 aromatic carbocycles. The topological polar surface area (TPSA) is 80.5 Å². The predicted octanol–water partition coefficient (Wildman–Crippen LogP) is 1.02. The molecule has 3 N–H and O–H groups in total. The van der Waals surface area contributed by atoms with Crippen molar-refractivity contribution in [2.75, 3.05) is 42.5 Å². The minimum atomic E-state index is -0.352. The number of H-pyrrole nitrogens is 1. The molecule has 4 rings (SSSR count). The van der Waals surface area contributed by atoms with Crippen molar-refractivity contribution in [1.29, 1.82) is 0 Å². The van der Waals surface area contributed by atoms with Crippen LogP contribution in [0.1, 0.15) is 6.42 Å². The van der Waals surface area contributed by atoms with Gasteiger partial charge in [-0.15, -0.1) is 0 Å². The zero-order valence-corrected chi connectivity index (χ0v) is 12.8. The van der Waals surface area contributed by atoms with Crippen molar-refractivity contribution in [3.05, 3.63) is 24.4 Å². The number of urea groups is 1. The average molecular weight is 313 g/mol. The van der Waals surface area contributed by atoms with E-state index >= 15 is 0 Å². The van der Waals surface area contributed by atoms with Crippen LogP contribution in [0.4, 0.5) is 16.2 Å². The second kappa shape index (κ2) is 5.58. The summed E-state index contributed by atoms with van der Waals surface area (Å²) in [5, 5.41) is 6.87. The van der Waals surface area contributed by atoms with E-state index in [0.717, 1.165) is 42.8 Å². The summed E-state index contributed by atoms with van der Waals surface area (Å²) in [6.07, 6.45) is 2.36. The van der Waals surface area contributed by atoms with Gasteiger partial charge in [-0.25, -0.2) is 4.79 Å². The Morgan fingerprint density at radius 3 is 2.65 bits per heavy atom. The lowest BCUT2D eigenvalue weighted by Gasteiger charge is -2.29. The highest BCUT2D eigenvalue weighted by molar-refractivity contribution is 6.06. The Balaban J connectivity index is 1.64. The Kier molecular flexibility index (Phi) is 3.42. The molecule has 0 aliphatic carbocycles. The number of carbonyl (C=O) groups excluding carboxylic acids is 2. The average Bonchev–Trinajstić information content (AvgIpc) is 2.99. The van der Waals surface area contributed by atoms with Crippen molar-refractivity contribution in [3.8, 4) is 0 Å². The number of rotatable bonds is 2. The quantitative estimate of drug-likeness (QED) is 0.773. The highest BCUT2D eigenvalue weighted by atomic mass is 16.2. The summed E-state index contributed by atoms with van der Waals surface area (Å²) < 4.78 is 0. The van der Waals surface area contributed by atoms with Crippen LogP contribution in [0.25, 0.3) is 10.9 Å². The third-order valence-corrected chi connectivity index (χ3v) is 4.47. The fraction of sp³-hybridized carbons (Fsp3) is 0.375. The zero-order chi connectivity index (χ0) is 15.8. The standard InChI is InChI=1S/C16H19N5O2/c22-15-3-6-21(16(23)19-15)11-1-2-12-13(9-11)18-10-14(12)20-7-4-17-5-8-20/h1-2,9-10,17-18H,3-8H2,(H,19,22,23). The second-order valence-electron chi connectivity index (χ2n) is 5.90. The van der Waals surface area contributed by atoms with Gasteiger partial charge >= 0.3 is 6.03 Å². The number of hydrogen-bond acceptors (Lipinski definition) is 4. The molecule has 0 radical (unpaired) electrons. The number of hydrogen-bond donors (Lipinski definition) is 3. The van der Waals surface area contributed by atoms with Crippen molar-refractivity contribution >= 4 is 34.2 Å². The fourth-order valence-corrected chi connectivity index (χ4v) is 3.24. The number of piperazine rings is 1. The van der Waals surface area contributed by atoms with Gasteiger partial charge in [-0.1, -0.05) is 0 Å². The maximum absolute atomic E-state index is 12.0. The minimum absolute atomic E-state index is 0.215. The maximum atomic E-state index is 12.0. The van der Waals surface area contributed by atoms with Crippen LogP contribution in [-0.4, -0.2) is 49.6 Å². The van der Waals surface area contributed by atoms with Crippen LogP contribution in [0.2, 0.25) is 0 Å². The lowest BCUT2D eigenvalue weighted by Crippen LogP contribution is -2.49. The molecule has 2 aromatic rings. The number of anilines is 2. The first-order chi connectivity index (χ1) is 11.2. The Morgan fingerprint density at radius 2 is 1.87 bits per heavy atom. The lowest BCUT2D eigenvalue weighted by molar-refractivity contribution is -0.120. The first-order valence-electron chi connectivity index (χ1n) is 7.90. The van der Waals surface area contributed by atoms with Crippen LogP contribution in [0.5, 0.6) is 0 Å². The SMILES string of the molecule is O=C1CCN(c2ccc3c(N4CCNCC4)c[nH]c3c2)C(=O)N1. The molecule has 2 aliphatic rings. The van der Waals surface area contributed by atoms with E-state index in [1.807, 2.05) is 24.4 Å². The molecule has 2 fully saturated rings. The van der Waals surface area contributed by atoms with Gasteiger partial charge in [0.2, 0.25) is 5.91 Å². The number of carbonyl (C=O) groups is 2. The second-order valence-corrected chi connectivity index (χ2v) is 5.90. The van der Waals surface area contributed by atoms with Crippen molar-refractivity contribution < 1.29 is 9.59 Å². The van der Waals surface area contributed by atoms with Crippen LogP contribution in [-0.2, 0) is 4.79 Å². The van der Waals surface area contributed by atoms with E-state index in [1.165, 1.54) is 5.69 Å². The van der Waals surface area contributed by atoms with E-state index in [9.17, 15) is 9.59 Å². The minimum Gasteiger partial charge on any atom is -0.367 e. The van der Waals surface area contributed by atoms with Crippen LogP contribution in [0.3, 0.4) is 0 Å². The Morgan fingerprint density at radius 1 is 1.04 bits per heavy atom. The molecule has 7 nitrogen and oxygen atoms in total. The number of benzene rings is 1. The van der Waals surface area contributed by atoms with Crippen LogP contribution < -0.4 is 20.4 Å². The van der Waals surface area contributed by atoms with Gasteiger partial charge in [0.25, 0.3) is 0 Å². The van der Waals surface area contributed by atoms with Gasteiger partial charge < -0.3 is 15.2 Å². The Labute approximate surface area is 133 Å². The molecule has 0 spiro atoms. The van der Waals surface area contributed by atoms with Crippen molar-refractivity contribution in [2.24, 2.45) is 0 Å². The van der Waals surface area contributed by atoms with E-state index in [4.69, 9.17) is 0 Å². The molecule has 3 heterocycles. The molecule has 120 valence electrons. The molecular formula is C16H19N5O2. The molecule has 23 heavy (non-hydrogen) atoms. The summed E-state index contributed by atoms with van der Waals surface area (Å²) in [4.78, 5) is 30.5. The molecule has 2 saturated heterocycles. The van der Waals surface area contributed by atoms with Gasteiger partial charge in [-0.05, 0) is 18.2 Å². The number of aromatic nitrogens is 1. The Bertz CT molecular complexity index is 763. The number of fused-ring (bicyclic) bond motifs is 1. The summed E-state index contributed by atoms with van der Waals surface area (Å²) in [5.74, 6) is -0.215. The van der Waals surface area contributed by atoms with Crippen molar-refractivity contribution in [1.82, 2.24) is 15.6 Å². The van der Waals surface area contributed by atoms with Gasteiger partial charge in [0.15, 0.2) is 0 Å². The molecule has 0 unspecified atom stereocenters. The van der Waals surface area contributed by atoms with Gasteiger partial charge in [-0.2, -0.15) is 0 Å². The number of nitrogens with zero attached hydrogens (tertiary/aromatic N) is 2. The van der Waals surface area contributed by atoms with Gasteiger partial charge in [0.05, 0.1) is 5.69 Å². The first-order valence-corrected chi connectivity index (χ1v) is 7.90. The van der Waals surface area contributed by atoms with E-state index in [1.54, 1.807) is 4.90 Å². The molecule has 7 heteroatoms. The number of imide groups is 1. The van der Waals surface area contributed by atoms with E-state index in [0.29, 0.717) is 13.0 Å². The molecule has 0 saturated carbocycles. The summed E-state index contributed by atoms with van der Waals surface area (Å²) >= 11 is 0. The molecule has 3 amide bonds.